The molecule has 1 saturated heterocycles. The Bertz CT molecular complexity index is 921. The molecule has 10 heteroatoms. The number of nitrogens with one attached hydrogen (secondary N) is 2. The molecule has 0 aromatic heterocycles. The zero-order chi connectivity index (χ0) is 21.8. The number of aliphatic carboxylic acids is 1. The normalized spacial score (nSPS) is 17.1. The first-order valence-corrected chi connectivity index (χ1v) is 11.2. The van der Waals surface area contributed by atoms with Crippen LogP contribution in [0.3, 0.4) is 0 Å². The minimum Gasteiger partial charge on any atom is -0.481 e. The Morgan fingerprint density at radius 2 is 1.81 bits per heavy atom. The topological polar surface area (TPSA) is 90.8 Å². The van der Waals surface area contributed by atoms with Crippen LogP contribution >= 0.6 is 47.6 Å². The van der Waals surface area contributed by atoms with Gasteiger partial charge in [0.25, 0.3) is 0 Å². The fourth-order valence-corrected chi connectivity index (χ4v) is 5.95. The summed E-state index contributed by atoms with van der Waals surface area (Å²) in [6.45, 7) is 3.06. The van der Waals surface area contributed by atoms with Crippen LogP contribution in [-0.2, 0) is 10.2 Å². The number of halogens is 3. The van der Waals surface area contributed by atoms with Crippen molar-refractivity contribution in [3.63, 3.8) is 0 Å². The third kappa shape index (κ3) is 4.66. The summed E-state index contributed by atoms with van der Waals surface area (Å²) in [5.74, 6) is -0.984. The van der Waals surface area contributed by atoms with E-state index in [0.717, 1.165) is 11.9 Å². The van der Waals surface area contributed by atoms with Gasteiger partial charge in [0, 0.05) is 22.2 Å². The monoisotopic (exact) mass is 503 g/mol. The Labute approximate surface area is 202 Å². The summed E-state index contributed by atoms with van der Waals surface area (Å²) in [5.41, 5.74) is 0.324. The van der Waals surface area contributed by atoms with Gasteiger partial charge in [-0.05, 0) is 56.1 Å². The molecule has 6 nitrogen and oxygen atoms in total. The second kappa shape index (κ2) is 10.9. The number of hydrogen-bond acceptors (Lipinski definition) is 6. The predicted octanol–water partition coefficient (Wildman–Crippen LogP) is 6.43. The zero-order valence-electron chi connectivity index (χ0n) is 16.9. The zero-order valence-corrected chi connectivity index (χ0v) is 20.0. The smallest absolute Gasteiger partial charge is 0.315 e. The van der Waals surface area contributed by atoms with Gasteiger partial charge >= 0.3 is 5.97 Å². The van der Waals surface area contributed by atoms with E-state index in [2.05, 4.69) is 15.2 Å². The number of carboxylic acid groups (broad SMARTS) is 1. The van der Waals surface area contributed by atoms with Gasteiger partial charge in [-0.15, -0.1) is 17.3 Å². The molecule has 0 aliphatic carbocycles. The lowest BCUT2D eigenvalue weighted by Crippen LogP contribution is -2.58. The third-order valence-corrected chi connectivity index (χ3v) is 7.72. The van der Waals surface area contributed by atoms with Gasteiger partial charge in [0.15, 0.2) is 0 Å². The quantitative estimate of drug-likeness (QED) is 0.283. The van der Waals surface area contributed by atoms with E-state index in [0.29, 0.717) is 59.3 Å². The fraction of sp³-hybridized carbons (Fsp3) is 0.381. The standard InChI is InChI=1S/C21H23Cl2N3O3S.ClH/c1-2-21(19(27)28,20(30-26-29)10-12-24-13-11-20)14-6-3-4-9-17(14)25-18-15(22)7-5-8-16(18)23;/h3-9,24-25H,2,10-13H2,1H3,(H,27,28);1H. The van der Waals surface area contributed by atoms with E-state index in [1.807, 2.05) is 13.0 Å². The summed E-state index contributed by atoms with van der Waals surface area (Å²) < 4.78 is 2.22. The highest BCUT2D eigenvalue weighted by Crippen LogP contribution is 2.54. The van der Waals surface area contributed by atoms with Gasteiger partial charge in [0.2, 0.25) is 0 Å². The number of hydrogen-bond donors (Lipinski definition) is 3. The van der Waals surface area contributed by atoms with Gasteiger partial charge in [0.1, 0.15) is 5.41 Å². The molecule has 3 rings (SSSR count). The molecule has 1 aliphatic heterocycles. The molecule has 0 radical (unpaired) electrons. The van der Waals surface area contributed by atoms with Gasteiger partial charge in [-0.25, -0.2) is 0 Å². The second-order valence-electron chi connectivity index (χ2n) is 7.24. The van der Waals surface area contributed by atoms with Crippen molar-refractivity contribution in [3.8, 4) is 0 Å². The van der Waals surface area contributed by atoms with Gasteiger partial charge in [-0.2, -0.15) is 0 Å². The molecule has 1 fully saturated rings. The number of benzene rings is 2. The Hall–Kier alpha value is -1.51. The lowest BCUT2D eigenvalue weighted by molar-refractivity contribution is -0.146. The number of nitroso groups, excluding NO2 is 1. The maximum atomic E-state index is 12.9. The minimum atomic E-state index is -1.34. The van der Waals surface area contributed by atoms with Crippen molar-refractivity contribution in [2.75, 3.05) is 18.4 Å². The maximum absolute atomic E-state index is 12.9. The molecule has 168 valence electrons. The number of carboxylic acids is 1. The largest absolute Gasteiger partial charge is 0.481 e. The molecule has 1 atom stereocenters. The number of anilines is 2. The van der Waals surface area contributed by atoms with Crippen molar-refractivity contribution in [2.45, 2.75) is 36.3 Å². The van der Waals surface area contributed by atoms with E-state index in [9.17, 15) is 14.8 Å². The van der Waals surface area contributed by atoms with Crippen molar-refractivity contribution < 1.29 is 9.90 Å². The van der Waals surface area contributed by atoms with E-state index in [4.69, 9.17) is 23.2 Å². The van der Waals surface area contributed by atoms with Crippen LogP contribution in [0.25, 0.3) is 0 Å². The molecule has 31 heavy (non-hydrogen) atoms. The first kappa shape index (κ1) is 25.7. The van der Waals surface area contributed by atoms with Crippen LogP contribution in [0.5, 0.6) is 0 Å². The summed E-state index contributed by atoms with van der Waals surface area (Å²) in [4.78, 5) is 24.3. The minimum absolute atomic E-state index is 0. The Kier molecular flexibility index (Phi) is 9.03. The van der Waals surface area contributed by atoms with Crippen LogP contribution in [0.4, 0.5) is 11.4 Å². The Balaban J connectivity index is 0.00000341. The van der Waals surface area contributed by atoms with Gasteiger partial charge in [-0.1, -0.05) is 54.4 Å². The highest BCUT2D eigenvalue weighted by atomic mass is 35.5. The molecule has 0 saturated carbocycles. The third-order valence-electron chi connectivity index (χ3n) is 5.91. The molecule has 2 aromatic carbocycles. The second-order valence-corrected chi connectivity index (χ2v) is 9.17. The molecule has 1 unspecified atom stereocenters. The van der Waals surface area contributed by atoms with Gasteiger partial charge in [0.05, 0.1) is 20.5 Å². The van der Waals surface area contributed by atoms with E-state index >= 15 is 0 Å². The van der Waals surface area contributed by atoms with Crippen LogP contribution in [0.15, 0.2) is 47.0 Å². The number of rotatable bonds is 8. The van der Waals surface area contributed by atoms with Crippen molar-refractivity contribution in [2.24, 2.45) is 4.58 Å². The van der Waals surface area contributed by atoms with E-state index in [-0.39, 0.29) is 12.4 Å². The Morgan fingerprint density at radius 1 is 1.19 bits per heavy atom. The molecule has 2 aromatic rings. The van der Waals surface area contributed by atoms with E-state index in [1.165, 1.54) is 0 Å². The van der Waals surface area contributed by atoms with Crippen molar-refractivity contribution in [1.29, 1.82) is 0 Å². The molecule has 0 bridgehead atoms. The number of nitrogens with zero attached hydrogens (tertiary/aromatic N) is 1. The van der Waals surface area contributed by atoms with Gasteiger partial charge < -0.3 is 15.7 Å². The molecular formula is C21H24Cl3N3O3S. The first-order valence-electron chi connectivity index (χ1n) is 9.67. The fourth-order valence-electron chi connectivity index (χ4n) is 4.43. The molecular weight excluding hydrogens is 481 g/mol. The average Bonchev–Trinajstić information content (AvgIpc) is 2.73. The summed E-state index contributed by atoms with van der Waals surface area (Å²) >= 11 is 13.5. The molecule has 0 amide bonds. The van der Waals surface area contributed by atoms with Crippen LogP contribution < -0.4 is 10.6 Å². The van der Waals surface area contributed by atoms with Crippen LogP contribution in [0.2, 0.25) is 10.0 Å². The lowest BCUT2D eigenvalue weighted by atomic mass is 9.64. The van der Waals surface area contributed by atoms with Crippen molar-refractivity contribution in [1.82, 2.24) is 5.32 Å². The average molecular weight is 505 g/mol. The molecule has 1 heterocycles. The van der Waals surface area contributed by atoms with Gasteiger partial charge in [-0.3, -0.25) is 4.79 Å². The van der Waals surface area contributed by atoms with E-state index in [1.54, 1.807) is 36.4 Å². The van der Waals surface area contributed by atoms with Crippen LogP contribution in [-0.4, -0.2) is 28.9 Å². The number of piperidine rings is 1. The highest BCUT2D eigenvalue weighted by Gasteiger charge is 2.59. The highest BCUT2D eigenvalue weighted by molar-refractivity contribution is 7.99. The summed E-state index contributed by atoms with van der Waals surface area (Å²) in [5, 5.41) is 17.9. The maximum Gasteiger partial charge on any atom is 0.315 e. The van der Waals surface area contributed by atoms with E-state index < -0.39 is 16.1 Å². The lowest BCUT2D eigenvalue weighted by Gasteiger charge is -2.48. The van der Waals surface area contributed by atoms with Crippen LogP contribution in [0, 0.1) is 4.91 Å². The van der Waals surface area contributed by atoms with Crippen LogP contribution in [0.1, 0.15) is 31.7 Å². The summed E-state index contributed by atoms with van der Waals surface area (Å²) in [7, 11) is 0. The molecule has 0 spiro atoms. The number of para-hydroxylation sites is 2. The first-order chi connectivity index (χ1) is 14.4. The molecule has 3 N–H and O–H groups in total. The summed E-state index contributed by atoms with van der Waals surface area (Å²) in [6.07, 6.45) is 1.30. The predicted molar refractivity (Wildman–Crippen MR) is 131 cm³/mol. The SMILES string of the molecule is CCC(C(=O)O)(c1ccccc1Nc1c(Cl)cccc1Cl)C1(SN=O)CCNCC1.Cl. The Morgan fingerprint density at radius 3 is 2.35 bits per heavy atom. The van der Waals surface area contributed by atoms with Crippen molar-refractivity contribution in [3.05, 3.63) is 63.0 Å². The summed E-state index contributed by atoms with van der Waals surface area (Å²) in [6, 6.07) is 12.4. The number of carbonyl (C=O) groups is 1. The van der Waals surface area contributed by atoms with Crippen molar-refractivity contribution >= 4 is 64.9 Å². The molecule has 1 aliphatic rings.